The van der Waals surface area contributed by atoms with E-state index in [2.05, 4.69) is 0 Å². The number of thiocarbonyl (C=S) groups is 1. The molecule has 2 aromatic rings. The van der Waals surface area contributed by atoms with Crippen LogP contribution in [0.4, 0.5) is 10.6 Å². The summed E-state index contributed by atoms with van der Waals surface area (Å²) in [4.78, 5) is 59.7. The van der Waals surface area contributed by atoms with Crippen molar-refractivity contribution >= 4 is 63.8 Å². The number of pyridine rings is 1. The summed E-state index contributed by atoms with van der Waals surface area (Å²) in [5, 5.41) is 8.90. The first-order valence-electron chi connectivity index (χ1n) is 11.9. The van der Waals surface area contributed by atoms with Crippen LogP contribution in [0.25, 0.3) is 11.7 Å². The van der Waals surface area contributed by atoms with Gasteiger partial charge in [-0.2, -0.15) is 0 Å². The number of hydrogen-bond acceptors (Lipinski definition) is 9. The second-order valence-electron chi connectivity index (χ2n) is 8.59. The van der Waals surface area contributed by atoms with Crippen molar-refractivity contribution < 1.29 is 24.2 Å². The van der Waals surface area contributed by atoms with E-state index in [1.807, 2.05) is 17.9 Å². The van der Waals surface area contributed by atoms with Gasteiger partial charge in [-0.1, -0.05) is 30.0 Å². The van der Waals surface area contributed by atoms with E-state index in [1.165, 1.54) is 15.4 Å². The van der Waals surface area contributed by atoms with Gasteiger partial charge in [-0.25, -0.2) is 9.78 Å². The number of carbonyl (C=O) groups excluding carboxylic acids is 2. The van der Waals surface area contributed by atoms with Crippen LogP contribution in [-0.2, 0) is 14.3 Å². The summed E-state index contributed by atoms with van der Waals surface area (Å²) in [6.07, 6.45) is 3.03. The lowest BCUT2D eigenvalue weighted by Gasteiger charge is -2.35. The fourth-order valence-corrected chi connectivity index (χ4v) is 5.43. The topological polar surface area (TPSA) is 125 Å². The number of carboxylic acid groups (broad SMARTS) is 1. The van der Waals surface area contributed by atoms with Crippen molar-refractivity contribution in [2.45, 2.75) is 26.7 Å². The molecule has 0 aliphatic carbocycles. The molecule has 2 amide bonds. The molecule has 13 heteroatoms. The molecule has 0 unspecified atom stereocenters. The molecule has 2 aliphatic heterocycles. The van der Waals surface area contributed by atoms with E-state index >= 15 is 0 Å². The molecule has 4 heterocycles. The summed E-state index contributed by atoms with van der Waals surface area (Å²) in [5.74, 6) is -0.889. The Morgan fingerprint density at radius 1 is 1.22 bits per heavy atom. The Balaban J connectivity index is 1.69. The molecule has 2 aromatic heterocycles. The van der Waals surface area contributed by atoms with Crippen molar-refractivity contribution in [2.75, 3.05) is 44.2 Å². The average Bonchev–Trinajstić information content (AvgIpc) is 3.13. The largest absolute Gasteiger partial charge is 0.481 e. The van der Waals surface area contributed by atoms with Crippen LogP contribution in [0.15, 0.2) is 28.0 Å². The highest BCUT2D eigenvalue weighted by molar-refractivity contribution is 8.26. The van der Waals surface area contributed by atoms with Gasteiger partial charge >= 0.3 is 12.1 Å². The smallest absolute Gasteiger partial charge is 0.409 e. The van der Waals surface area contributed by atoms with Gasteiger partial charge in [0.25, 0.3) is 11.5 Å². The molecule has 11 nitrogen and oxygen atoms in total. The first-order valence-corrected chi connectivity index (χ1v) is 13.1. The zero-order valence-corrected chi connectivity index (χ0v) is 22.1. The minimum Gasteiger partial charge on any atom is -0.481 e. The Bertz CT molecular complexity index is 1350. The molecule has 2 fully saturated rings. The van der Waals surface area contributed by atoms with Gasteiger partial charge in [0.15, 0.2) is 0 Å². The molecule has 2 saturated heterocycles. The number of thioether (sulfide) groups is 1. The second kappa shape index (κ2) is 11.3. The fraction of sp³-hybridized carbons (Fsp3) is 0.417. The molecule has 196 valence electrons. The fourth-order valence-electron chi connectivity index (χ4n) is 4.14. The van der Waals surface area contributed by atoms with Crippen LogP contribution in [0.1, 0.15) is 30.9 Å². The van der Waals surface area contributed by atoms with Crippen LogP contribution in [0.2, 0.25) is 0 Å². The summed E-state index contributed by atoms with van der Waals surface area (Å²) in [7, 11) is 0. The molecule has 1 N–H and O–H groups in total. The normalized spacial score (nSPS) is 17.2. The average molecular weight is 546 g/mol. The van der Waals surface area contributed by atoms with Gasteiger partial charge < -0.3 is 19.6 Å². The number of hydrogen-bond donors (Lipinski definition) is 1. The number of anilines is 1. The molecule has 2 aliphatic rings. The van der Waals surface area contributed by atoms with E-state index in [0.29, 0.717) is 48.6 Å². The molecular weight excluding hydrogens is 518 g/mol. The maximum Gasteiger partial charge on any atom is 0.409 e. The quantitative estimate of drug-likeness (QED) is 0.409. The Morgan fingerprint density at radius 3 is 2.62 bits per heavy atom. The third kappa shape index (κ3) is 5.77. The highest BCUT2D eigenvalue weighted by atomic mass is 32.2. The maximum absolute atomic E-state index is 13.6. The number of fused-ring (bicyclic) bond motifs is 1. The molecule has 0 aromatic carbocycles. The summed E-state index contributed by atoms with van der Waals surface area (Å²) in [6.45, 7) is 5.78. The molecule has 4 rings (SSSR count). The van der Waals surface area contributed by atoms with Gasteiger partial charge in [0.1, 0.15) is 15.8 Å². The summed E-state index contributed by atoms with van der Waals surface area (Å²) < 4.78 is 6.86. The summed E-state index contributed by atoms with van der Waals surface area (Å²) in [6, 6.07) is 3.63. The van der Waals surface area contributed by atoms with Gasteiger partial charge in [-0.05, 0) is 38.0 Å². The van der Waals surface area contributed by atoms with Crippen LogP contribution < -0.4 is 10.5 Å². The lowest BCUT2D eigenvalue weighted by Crippen LogP contribution is -2.49. The first-order chi connectivity index (χ1) is 17.7. The number of ether oxygens (including phenoxy) is 1. The van der Waals surface area contributed by atoms with E-state index < -0.39 is 5.97 Å². The van der Waals surface area contributed by atoms with Gasteiger partial charge in [-0.15, -0.1) is 0 Å². The van der Waals surface area contributed by atoms with Crippen LogP contribution in [0.3, 0.4) is 0 Å². The lowest BCUT2D eigenvalue weighted by atomic mass is 10.2. The zero-order chi connectivity index (χ0) is 26.7. The lowest BCUT2D eigenvalue weighted by molar-refractivity contribution is -0.137. The maximum atomic E-state index is 13.6. The van der Waals surface area contributed by atoms with E-state index in [0.717, 1.165) is 17.3 Å². The van der Waals surface area contributed by atoms with Crippen molar-refractivity contribution in [2.24, 2.45) is 0 Å². The van der Waals surface area contributed by atoms with E-state index in [4.69, 9.17) is 27.0 Å². The Labute approximate surface area is 222 Å². The van der Waals surface area contributed by atoms with E-state index in [1.54, 1.807) is 24.1 Å². The molecular formula is C24H27N5O6S2. The summed E-state index contributed by atoms with van der Waals surface area (Å²) in [5.41, 5.74) is 1.27. The van der Waals surface area contributed by atoms with Crippen molar-refractivity contribution in [3.05, 3.63) is 44.7 Å². The Hall–Kier alpha value is -3.45. The van der Waals surface area contributed by atoms with Crippen LogP contribution in [-0.4, -0.2) is 85.9 Å². The number of piperazine rings is 1. The number of nitrogens with zero attached hydrogens (tertiary/aromatic N) is 5. The monoisotopic (exact) mass is 545 g/mol. The van der Waals surface area contributed by atoms with Gasteiger partial charge in [0, 0.05) is 45.3 Å². The standard InChI is InChI=1S/C24H27N5O6S2/c1-3-35-23(34)27-11-9-26(10-12-27)20-16(21(32)29-14-15(2)6-7-18(29)25-20)13-17-22(33)28(24(36)37-17)8-4-5-19(30)31/h6-7,13-14H,3-5,8-12H2,1-2H3,(H,30,31). The van der Waals surface area contributed by atoms with Crippen LogP contribution in [0.5, 0.6) is 0 Å². The van der Waals surface area contributed by atoms with Crippen molar-refractivity contribution in [1.82, 2.24) is 19.2 Å². The zero-order valence-electron chi connectivity index (χ0n) is 20.5. The van der Waals surface area contributed by atoms with Gasteiger partial charge in [0.05, 0.1) is 17.1 Å². The van der Waals surface area contributed by atoms with Crippen molar-refractivity contribution in [1.29, 1.82) is 0 Å². The molecule has 0 saturated carbocycles. The number of aryl methyl sites for hydroxylation is 1. The molecule has 37 heavy (non-hydrogen) atoms. The highest BCUT2D eigenvalue weighted by Gasteiger charge is 2.33. The third-order valence-electron chi connectivity index (χ3n) is 6.01. The Morgan fingerprint density at radius 2 is 1.95 bits per heavy atom. The number of amides is 2. The van der Waals surface area contributed by atoms with Crippen LogP contribution >= 0.6 is 24.0 Å². The number of carboxylic acids is 1. The van der Waals surface area contributed by atoms with Crippen molar-refractivity contribution in [3.8, 4) is 0 Å². The minimum absolute atomic E-state index is 0.0761. The predicted octanol–water partition coefficient (Wildman–Crippen LogP) is 2.35. The first kappa shape index (κ1) is 26.6. The van der Waals surface area contributed by atoms with E-state index in [9.17, 15) is 19.2 Å². The van der Waals surface area contributed by atoms with Crippen LogP contribution in [0, 0.1) is 6.92 Å². The second-order valence-corrected chi connectivity index (χ2v) is 10.3. The minimum atomic E-state index is -0.945. The summed E-state index contributed by atoms with van der Waals surface area (Å²) >= 11 is 6.43. The van der Waals surface area contributed by atoms with Gasteiger partial charge in [-0.3, -0.25) is 23.7 Å². The molecule has 0 radical (unpaired) electrons. The molecule has 0 spiro atoms. The highest BCUT2D eigenvalue weighted by Crippen LogP contribution is 2.34. The predicted molar refractivity (Wildman–Crippen MR) is 144 cm³/mol. The van der Waals surface area contributed by atoms with Crippen molar-refractivity contribution in [3.63, 3.8) is 0 Å². The number of aliphatic carboxylic acids is 1. The number of aromatic nitrogens is 2. The molecule has 0 bridgehead atoms. The number of carbonyl (C=O) groups is 3. The molecule has 0 atom stereocenters. The SMILES string of the molecule is CCOC(=O)N1CCN(c2nc3ccc(C)cn3c(=O)c2C=C2SC(=S)N(CCCC(=O)O)C2=O)CC1. The Kier molecular flexibility index (Phi) is 8.13. The van der Waals surface area contributed by atoms with E-state index in [-0.39, 0.29) is 47.4 Å². The number of rotatable bonds is 7. The van der Waals surface area contributed by atoms with Gasteiger partial charge in [0.2, 0.25) is 0 Å². The third-order valence-corrected chi connectivity index (χ3v) is 7.39.